The molecule has 0 saturated carbocycles. The zero-order valence-corrected chi connectivity index (χ0v) is 20.0. The molecule has 1 N–H and O–H groups in total. The van der Waals surface area contributed by atoms with Gasteiger partial charge in [0.25, 0.3) is 0 Å². The van der Waals surface area contributed by atoms with Gasteiger partial charge in [0.1, 0.15) is 12.0 Å². The molecule has 0 bridgehead atoms. The first-order valence-corrected chi connectivity index (χ1v) is 12.2. The van der Waals surface area contributed by atoms with E-state index in [4.69, 9.17) is 0 Å². The Balaban J connectivity index is 1.38. The number of imidazole rings is 1. The van der Waals surface area contributed by atoms with Crippen LogP contribution >= 0.6 is 0 Å². The number of nitrogens with one attached hydrogen (secondary N) is 1. The van der Waals surface area contributed by atoms with Crippen LogP contribution in [0.2, 0.25) is 0 Å². The summed E-state index contributed by atoms with van der Waals surface area (Å²) in [6, 6.07) is 15.3. The third-order valence-corrected chi connectivity index (χ3v) is 7.40. The standard InChI is InChI=1S/C28H29F2N5/c1-18-14-33(17-22(13-31-2)27(18)30)24-7-8-25-21(11-24)16-34-15-20(19-3-5-23(29)6-4-19)12-26(34)28-32-9-10-35(25)28/h3-12,15,18,22,27,31H,13-14,16-17H2,1-2H3/t18?,22-,27+/m1/s1. The molecule has 6 rings (SSSR count). The maximum atomic E-state index is 14.8. The highest BCUT2D eigenvalue weighted by molar-refractivity contribution is 5.72. The topological polar surface area (TPSA) is 38.0 Å². The van der Waals surface area contributed by atoms with Crippen molar-refractivity contribution in [2.24, 2.45) is 11.8 Å². The SMILES string of the molecule is CNC[C@@H]1CN(c2ccc3c(c2)Cn2cc(-c4ccc(F)cc4)cc2-c2nccn2-3)CC(C)[C@@H]1F. The van der Waals surface area contributed by atoms with Gasteiger partial charge in [-0.15, -0.1) is 0 Å². The van der Waals surface area contributed by atoms with Crippen molar-refractivity contribution in [3.8, 4) is 28.3 Å². The molecule has 5 nitrogen and oxygen atoms in total. The Morgan fingerprint density at radius 3 is 2.69 bits per heavy atom. The molecule has 3 atom stereocenters. The molecule has 0 spiro atoms. The van der Waals surface area contributed by atoms with Gasteiger partial charge in [-0.05, 0) is 54.6 Å². The molecule has 2 aromatic carbocycles. The third kappa shape index (κ3) is 3.84. The van der Waals surface area contributed by atoms with Crippen molar-refractivity contribution in [1.29, 1.82) is 0 Å². The Morgan fingerprint density at radius 2 is 1.89 bits per heavy atom. The minimum Gasteiger partial charge on any atom is -0.371 e. The fraction of sp³-hybridized carbons (Fsp3) is 0.321. The van der Waals surface area contributed by atoms with E-state index in [-0.39, 0.29) is 17.7 Å². The summed E-state index contributed by atoms with van der Waals surface area (Å²) >= 11 is 0. The number of piperidine rings is 1. The van der Waals surface area contributed by atoms with Crippen molar-refractivity contribution in [1.82, 2.24) is 19.4 Å². The van der Waals surface area contributed by atoms with E-state index in [1.54, 1.807) is 12.1 Å². The summed E-state index contributed by atoms with van der Waals surface area (Å²) in [4.78, 5) is 6.98. The molecule has 1 fully saturated rings. The Morgan fingerprint density at radius 1 is 1.06 bits per heavy atom. The van der Waals surface area contributed by atoms with E-state index in [2.05, 4.69) is 54.8 Å². The average Bonchev–Trinajstić information content (AvgIpc) is 3.47. The van der Waals surface area contributed by atoms with E-state index in [0.29, 0.717) is 26.2 Å². The van der Waals surface area contributed by atoms with E-state index in [0.717, 1.165) is 34.0 Å². The van der Waals surface area contributed by atoms with Crippen molar-refractivity contribution < 1.29 is 8.78 Å². The van der Waals surface area contributed by atoms with Gasteiger partial charge in [-0.3, -0.25) is 4.57 Å². The monoisotopic (exact) mass is 473 g/mol. The number of benzene rings is 2. The number of alkyl halides is 1. The van der Waals surface area contributed by atoms with Gasteiger partial charge < -0.3 is 14.8 Å². The zero-order chi connectivity index (χ0) is 24.1. The molecule has 1 unspecified atom stereocenters. The van der Waals surface area contributed by atoms with Gasteiger partial charge in [0.05, 0.1) is 11.4 Å². The number of halogens is 2. The lowest BCUT2D eigenvalue weighted by molar-refractivity contribution is 0.137. The van der Waals surface area contributed by atoms with E-state index in [9.17, 15) is 8.78 Å². The van der Waals surface area contributed by atoms with Gasteiger partial charge in [-0.2, -0.15) is 0 Å². The number of rotatable bonds is 4. The van der Waals surface area contributed by atoms with Crippen LogP contribution in [-0.4, -0.2) is 47.0 Å². The predicted octanol–water partition coefficient (Wildman–Crippen LogP) is 5.14. The normalized spacial score (nSPS) is 21.3. The highest BCUT2D eigenvalue weighted by atomic mass is 19.1. The van der Waals surface area contributed by atoms with Crippen LogP contribution < -0.4 is 10.2 Å². The Hall–Kier alpha value is -3.45. The van der Waals surface area contributed by atoms with E-state index in [1.807, 2.05) is 26.4 Å². The smallest absolute Gasteiger partial charge is 0.161 e. The van der Waals surface area contributed by atoms with Crippen LogP contribution in [0.25, 0.3) is 28.3 Å². The highest BCUT2D eigenvalue weighted by Gasteiger charge is 2.34. The molecule has 2 aliphatic rings. The molecule has 1 saturated heterocycles. The predicted molar refractivity (Wildman–Crippen MR) is 135 cm³/mol. The minimum atomic E-state index is -0.791. The number of hydrogen-bond donors (Lipinski definition) is 1. The molecule has 180 valence electrons. The van der Waals surface area contributed by atoms with Crippen molar-refractivity contribution in [3.05, 3.63) is 78.5 Å². The maximum Gasteiger partial charge on any atom is 0.161 e. The largest absolute Gasteiger partial charge is 0.371 e. The lowest BCUT2D eigenvalue weighted by Gasteiger charge is -2.40. The number of aromatic nitrogens is 3. The van der Waals surface area contributed by atoms with Crippen LogP contribution in [0.5, 0.6) is 0 Å². The van der Waals surface area contributed by atoms with Crippen LogP contribution in [-0.2, 0) is 6.54 Å². The number of fused-ring (bicyclic) bond motifs is 5. The van der Waals surface area contributed by atoms with Crippen LogP contribution in [0, 0.1) is 17.7 Å². The summed E-state index contributed by atoms with van der Waals surface area (Å²) in [5.74, 6) is 0.591. The summed E-state index contributed by atoms with van der Waals surface area (Å²) in [6.45, 7) is 4.77. The summed E-state index contributed by atoms with van der Waals surface area (Å²) < 4.78 is 32.6. The second kappa shape index (κ2) is 8.64. The van der Waals surface area contributed by atoms with Gasteiger partial charge in [0.15, 0.2) is 5.82 Å². The molecule has 4 heterocycles. The van der Waals surface area contributed by atoms with Gasteiger partial charge >= 0.3 is 0 Å². The van der Waals surface area contributed by atoms with Crippen LogP contribution in [0.1, 0.15) is 12.5 Å². The lowest BCUT2D eigenvalue weighted by atomic mass is 9.87. The second-order valence-corrected chi connectivity index (χ2v) is 9.83. The van der Waals surface area contributed by atoms with Crippen molar-refractivity contribution in [2.75, 3.05) is 31.6 Å². The van der Waals surface area contributed by atoms with Crippen molar-refractivity contribution >= 4 is 5.69 Å². The molecule has 7 heteroatoms. The maximum absolute atomic E-state index is 14.8. The molecule has 0 aliphatic carbocycles. The second-order valence-electron chi connectivity index (χ2n) is 9.83. The van der Waals surface area contributed by atoms with E-state index < -0.39 is 6.17 Å². The molecule has 2 aromatic heterocycles. The summed E-state index contributed by atoms with van der Waals surface area (Å²) in [6.07, 6.45) is 5.14. The fourth-order valence-electron chi connectivity index (χ4n) is 5.65. The molecular weight excluding hydrogens is 444 g/mol. The molecular formula is C28H29F2N5. The van der Waals surface area contributed by atoms with E-state index >= 15 is 0 Å². The van der Waals surface area contributed by atoms with Crippen molar-refractivity contribution in [3.63, 3.8) is 0 Å². The molecule has 2 aliphatic heterocycles. The van der Waals surface area contributed by atoms with Gasteiger partial charge in [0.2, 0.25) is 0 Å². The Labute approximate surface area is 204 Å². The van der Waals surface area contributed by atoms with Crippen LogP contribution in [0.15, 0.2) is 67.1 Å². The van der Waals surface area contributed by atoms with Gasteiger partial charge in [-0.25, -0.2) is 13.8 Å². The first-order valence-electron chi connectivity index (χ1n) is 12.2. The average molecular weight is 474 g/mol. The number of nitrogens with zero attached hydrogens (tertiary/aromatic N) is 4. The van der Waals surface area contributed by atoms with Crippen LogP contribution in [0.4, 0.5) is 14.5 Å². The summed E-state index contributed by atoms with van der Waals surface area (Å²) in [5, 5.41) is 3.16. The summed E-state index contributed by atoms with van der Waals surface area (Å²) in [7, 11) is 1.89. The van der Waals surface area contributed by atoms with Gasteiger partial charge in [0, 0.05) is 67.9 Å². The van der Waals surface area contributed by atoms with Crippen LogP contribution in [0.3, 0.4) is 0 Å². The molecule has 35 heavy (non-hydrogen) atoms. The first-order chi connectivity index (χ1) is 17.0. The number of hydrogen-bond acceptors (Lipinski definition) is 3. The minimum absolute atomic E-state index is 0.0181. The van der Waals surface area contributed by atoms with E-state index in [1.165, 1.54) is 17.7 Å². The quantitative estimate of drug-likeness (QED) is 0.393. The molecule has 0 amide bonds. The highest BCUT2D eigenvalue weighted by Crippen LogP contribution is 2.36. The lowest BCUT2D eigenvalue weighted by Crippen LogP contribution is -2.49. The third-order valence-electron chi connectivity index (χ3n) is 7.40. The zero-order valence-electron chi connectivity index (χ0n) is 20.0. The fourth-order valence-corrected chi connectivity index (χ4v) is 5.65. The summed E-state index contributed by atoms with van der Waals surface area (Å²) in [5.41, 5.74) is 6.43. The molecule has 4 aromatic rings. The molecule has 0 radical (unpaired) electrons. The van der Waals surface area contributed by atoms with Crippen molar-refractivity contribution in [2.45, 2.75) is 19.6 Å². The Kier molecular flexibility index (Phi) is 5.44. The Bertz CT molecular complexity index is 1360. The van der Waals surface area contributed by atoms with Gasteiger partial charge in [-0.1, -0.05) is 19.1 Å². The number of anilines is 1. The first kappa shape index (κ1) is 22.0.